The molecule has 1 aliphatic heterocycles. The molecule has 4 heteroatoms. The monoisotopic (exact) mass is 294 g/mol. The maximum Gasteiger partial charge on any atom is 0.232 e. The fourth-order valence-corrected chi connectivity index (χ4v) is 2.96. The molecule has 3 nitrogen and oxygen atoms in total. The Bertz CT molecular complexity index is 479. The Hall–Kier alpha value is -1.06. The van der Waals surface area contributed by atoms with Crippen molar-refractivity contribution in [3.05, 3.63) is 34.9 Å². The predicted molar refractivity (Wildman–Crippen MR) is 82.8 cm³/mol. The fraction of sp³-hybridized carbons (Fsp3) is 0.562. The molecule has 2 N–H and O–H groups in total. The molecule has 1 aromatic rings. The molecule has 0 spiro atoms. The van der Waals surface area contributed by atoms with Crippen LogP contribution in [-0.2, 0) is 10.2 Å². The second kappa shape index (κ2) is 6.15. The smallest absolute Gasteiger partial charge is 0.232 e. The average Bonchev–Trinajstić information content (AvgIpc) is 2.46. The zero-order valence-electron chi connectivity index (χ0n) is 12.2. The highest BCUT2D eigenvalue weighted by Crippen LogP contribution is 2.29. The summed E-state index contributed by atoms with van der Waals surface area (Å²) < 4.78 is 0. The number of carbonyl (C=O) groups is 1. The normalized spacial score (nSPS) is 17.3. The minimum atomic E-state index is -0.541. The maximum absolute atomic E-state index is 12.8. The molecule has 1 aliphatic rings. The van der Waals surface area contributed by atoms with Crippen molar-refractivity contribution < 1.29 is 4.79 Å². The zero-order valence-corrected chi connectivity index (χ0v) is 13.0. The summed E-state index contributed by atoms with van der Waals surface area (Å²) in [6.07, 6.45) is 2.02. The van der Waals surface area contributed by atoms with Crippen LogP contribution in [0.5, 0.6) is 0 Å². The van der Waals surface area contributed by atoms with Crippen molar-refractivity contribution in [3.63, 3.8) is 0 Å². The number of carbonyl (C=O) groups excluding carboxylic acids is 1. The lowest BCUT2D eigenvalue weighted by atomic mass is 9.82. The molecule has 110 valence electrons. The summed E-state index contributed by atoms with van der Waals surface area (Å²) in [6, 6.07) is 7.58. The summed E-state index contributed by atoms with van der Waals surface area (Å²) in [6.45, 7) is 6.28. The molecule has 1 fully saturated rings. The van der Waals surface area contributed by atoms with Gasteiger partial charge < -0.3 is 10.6 Å². The lowest BCUT2D eigenvalue weighted by Gasteiger charge is -2.37. The van der Waals surface area contributed by atoms with Crippen molar-refractivity contribution in [2.75, 3.05) is 19.6 Å². The molecule has 1 aromatic carbocycles. The van der Waals surface area contributed by atoms with Crippen molar-refractivity contribution in [1.29, 1.82) is 0 Å². The Morgan fingerprint density at radius 3 is 2.60 bits per heavy atom. The number of halogens is 1. The van der Waals surface area contributed by atoms with Gasteiger partial charge in [-0.3, -0.25) is 4.79 Å². The van der Waals surface area contributed by atoms with E-state index in [0.717, 1.165) is 38.0 Å². The molecule has 1 saturated heterocycles. The van der Waals surface area contributed by atoms with Crippen LogP contribution in [0.3, 0.4) is 0 Å². The molecule has 2 rings (SSSR count). The van der Waals surface area contributed by atoms with Gasteiger partial charge in [0.15, 0.2) is 0 Å². The van der Waals surface area contributed by atoms with Crippen molar-refractivity contribution >= 4 is 17.5 Å². The van der Waals surface area contributed by atoms with E-state index in [1.807, 2.05) is 43.0 Å². The van der Waals surface area contributed by atoms with Crippen molar-refractivity contribution in [2.24, 2.45) is 11.7 Å². The lowest BCUT2D eigenvalue weighted by molar-refractivity contribution is -0.137. The molecule has 0 bridgehead atoms. The van der Waals surface area contributed by atoms with E-state index in [1.165, 1.54) is 0 Å². The maximum atomic E-state index is 12.8. The molecule has 0 atom stereocenters. The summed E-state index contributed by atoms with van der Waals surface area (Å²) >= 11 is 6.04. The molecule has 0 saturated carbocycles. The van der Waals surface area contributed by atoms with Crippen LogP contribution in [-0.4, -0.2) is 30.4 Å². The molecule has 1 amide bonds. The van der Waals surface area contributed by atoms with Gasteiger partial charge in [-0.25, -0.2) is 0 Å². The van der Waals surface area contributed by atoms with Crippen LogP contribution in [0, 0.1) is 5.92 Å². The Morgan fingerprint density at radius 2 is 2.05 bits per heavy atom. The van der Waals surface area contributed by atoms with Crippen molar-refractivity contribution in [1.82, 2.24) is 4.90 Å². The standard InChI is InChI=1S/C16H23ClN2O/c1-16(2,13-4-3-5-14(17)10-13)15(20)19-8-6-12(11-18)7-9-19/h3-5,10,12H,6-9,11,18H2,1-2H3. The number of hydrogen-bond acceptors (Lipinski definition) is 2. The quantitative estimate of drug-likeness (QED) is 0.932. The third-order valence-electron chi connectivity index (χ3n) is 4.32. The molecule has 0 aromatic heterocycles. The lowest BCUT2D eigenvalue weighted by Crippen LogP contribution is -2.47. The summed E-state index contributed by atoms with van der Waals surface area (Å²) in [5.41, 5.74) is 6.13. The van der Waals surface area contributed by atoms with Crippen LogP contribution in [0.2, 0.25) is 5.02 Å². The van der Waals surface area contributed by atoms with Crippen molar-refractivity contribution in [3.8, 4) is 0 Å². The van der Waals surface area contributed by atoms with E-state index in [2.05, 4.69) is 0 Å². The van der Waals surface area contributed by atoms with Gasteiger partial charge in [-0.2, -0.15) is 0 Å². The van der Waals surface area contributed by atoms with E-state index in [1.54, 1.807) is 0 Å². The second-order valence-electron chi connectivity index (χ2n) is 6.11. The highest BCUT2D eigenvalue weighted by molar-refractivity contribution is 6.30. The molecule has 1 heterocycles. The highest BCUT2D eigenvalue weighted by Gasteiger charge is 2.35. The van der Waals surface area contributed by atoms with E-state index >= 15 is 0 Å². The Kier molecular flexibility index (Phi) is 4.71. The number of likely N-dealkylation sites (tertiary alicyclic amines) is 1. The third kappa shape index (κ3) is 3.15. The average molecular weight is 295 g/mol. The largest absolute Gasteiger partial charge is 0.342 e. The van der Waals surface area contributed by atoms with Crippen LogP contribution in [0.25, 0.3) is 0 Å². The molecule has 20 heavy (non-hydrogen) atoms. The van der Waals surface area contributed by atoms with Crippen LogP contribution >= 0.6 is 11.6 Å². The summed E-state index contributed by atoms with van der Waals surface area (Å²) in [7, 11) is 0. The number of hydrogen-bond donors (Lipinski definition) is 1. The van der Waals surface area contributed by atoms with E-state index in [-0.39, 0.29) is 5.91 Å². The first kappa shape index (κ1) is 15.3. The first-order valence-corrected chi connectivity index (χ1v) is 7.58. The molecule has 0 unspecified atom stereocenters. The van der Waals surface area contributed by atoms with Gasteiger partial charge in [0, 0.05) is 18.1 Å². The first-order chi connectivity index (χ1) is 9.45. The van der Waals surface area contributed by atoms with Gasteiger partial charge in [0.2, 0.25) is 5.91 Å². The number of nitrogens with two attached hydrogens (primary N) is 1. The topological polar surface area (TPSA) is 46.3 Å². The first-order valence-electron chi connectivity index (χ1n) is 7.20. The van der Waals surface area contributed by atoms with Crippen LogP contribution in [0.15, 0.2) is 24.3 Å². The minimum Gasteiger partial charge on any atom is -0.342 e. The van der Waals surface area contributed by atoms with Gasteiger partial charge >= 0.3 is 0 Å². The van der Waals surface area contributed by atoms with E-state index < -0.39 is 5.41 Å². The molecular formula is C16H23ClN2O. The number of benzene rings is 1. The Labute approximate surface area is 126 Å². The van der Waals surface area contributed by atoms with E-state index in [4.69, 9.17) is 17.3 Å². The van der Waals surface area contributed by atoms with Crippen LogP contribution in [0.1, 0.15) is 32.3 Å². The summed E-state index contributed by atoms with van der Waals surface area (Å²) in [5.74, 6) is 0.739. The van der Waals surface area contributed by atoms with Gasteiger partial charge in [0.05, 0.1) is 5.41 Å². The van der Waals surface area contributed by atoms with Crippen LogP contribution < -0.4 is 5.73 Å². The molecular weight excluding hydrogens is 272 g/mol. The molecule has 0 aliphatic carbocycles. The number of nitrogens with zero attached hydrogens (tertiary/aromatic N) is 1. The summed E-state index contributed by atoms with van der Waals surface area (Å²) in [5, 5.41) is 0.671. The van der Waals surface area contributed by atoms with E-state index in [0.29, 0.717) is 10.9 Å². The van der Waals surface area contributed by atoms with Crippen molar-refractivity contribution in [2.45, 2.75) is 32.1 Å². The SMILES string of the molecule is CC(C)(C(=O)N1CCC(CN)CC1)c1cccc(Cl)c1. The third-order valence-corrected chi connectivity index (χ3v) is 4.55. The van der Waals surface area contributed by atoms with Gasteiger partial charge in [0.25, 0.3) is 0 Å². The Morgan fingerprint density at radius 1 is 1.40 bits per heavy atom. The minimum absolute atomic E-state index is 0.176. The number of rotatable bonds is 3. The zero-order chi connectivity index (χ0) is 14.8. The Balaban J connectivity index is 2.11. The van der Waals surface area contributed by atoms with Gasteiger partial charge in [-0.15, -0.1) is 0 Å². The number of piperidine rings is 1. The van der Waals surface area contributed by atoms with Crippen LogP contribution in [0.4, 0.5) is 0 Å². The number of amides is 1. The van der Waals surface area contributed by atoms with Gasteiger partial charge in [-0.1, -0.05) is 23.7 Å². The summed E-state index contributed by atoms with van der Waals surface area (Å²) in [4.78, 5) is 14.7. The highest BCUT2D eigenvalue weighted by atomic mass is 35.5. The van der Waals surface area contributed by atoms with Gasteiger partial charge in [-0.05, 0) is 56.8 Å². The second-order valence-corrected chi connectivity index (χ2v) is 6.54. The predicted octanol–water partition coefficient (Wildman–Crippen LogP) is 2.81. The van der Waals surface area contributed by atoms with E-state index in [9.17, 15) is 4.79 Å². The molecule has 0 radical (unpaired) electrons. The van der Waals surface area contributed by atoms with Gasteiger partial charge in [0.1, 0.15) is 0 Å². The fourth-order valence-electron chi connectivity index (χ4n) is 2.77.